The van der Waals surface area contributed by atoms with E-state index in [1.165, 1.54) is 0 Å². The Kier molecular flexibility index (Phi) is 8.58. The first-order chi connectivity index (χ1) is 12.1. The standard InChI is InChI=1S/C22H38O3Si/c1-15(2)26(16(3)4,17(5)6)25-14-18(7)19(8)22(23)20-11-10-12-21(13-20)24-9/h10-13,15-17,19,22-23H,7,14H2,1-6,8-9H3/t19-,22+/m0/s1. The topological polar surface area (TPSA) is 38.7 Å². The Morgan fingerprint density at radius 3 is 2.04 bits per heavy atom. The van der Waals surface area contributed by atoms with Gasteiger partial charge >= 0.3 is 0 Å². The van der Waals surface area contributed by atoms with E-state index in [1.807, 2.05) is 31.2 Å². The minimum Gasteiger partial charge on any atom is -0.497 e. The largest absolute Gasteiger partial charge is 0.497 e. The van der Waals surface area contributed by atoms with E-state index in [0.717, 1.165) is 16.9 Å². The van der Waals surface area contributed by atoms with Crippen LogP contribution in [0.25, 0.3) is 0 Å². The van der Waals surface area contributed by atoms with Gasteiger partial charge in [-0.05, 0) is 39.9 Å². The molecular formula is C22H38O3Si. The van der Waals surface area contributed by atoms with Crippen molar-refractivity contribution >= 4 is 8.32 Å². The van der Waals surface area contributed by atoms with E-state index in [4.69, 9.17) is 9.16 Å². The molecule has 1 N–H and O–H groups in total. The van der Waals surface area contributed by atoms with Gasteiger partial charge in [-0.15, -0.1) is 0 Å². The molecule has 148 valence electrons. The molecule has 0 saturated heterocycles. The highest BCUT2D eigenvalue weighted by atomic mass is 28.4. The molecule has 3 nitrogen and oxygen atoms in total. The van der Waals surface area contributed by atoms with Gasteiger partial charge in [0.05, 0.1) is 19.8 Å². The predicted octanol–water partition coefficient (Wildman–Crippen LogP) is 6.11. The molecule has 0 radical (unpaired) electrons. The van der Waals surface area contributed by atoms with E-state index < -0.39 is 14.4 Å². The van der Waals surface area contributed by atoms with Crippen LogP contribution >= 0.6 is 0 Å². The van der Waals surface area contributed by atoms with E-state index >= 15 is 0 Å². The molecule has 1 aromatic rings. The molecule has 0 unspecified atom stereocenters. The summed E-state index contributed by atoms with van der Waals surface area (Å²) in [5, 5.41) is 10.8. The highest BCUT2D eigenvalue weighted by molar-refractivity contribution is 6.77. The maximum atomic E-state index is 10.8. The average molecular weight is 379 g/mol. The highest BCUT2D eigenvalue weighted by Gasteiger charge is 2.45. The third kappa shape index (κ3) is 4.99. The number of methoxy groups -OCH3 is 1. The van der Waals surface area contributed by atoms with Crippen molar-refractivity contribution < 1.29 is 14.3 Å². The minimum absolute atomic E-state index is 0.0831. The molecule has 0 bridgehead atoms. The van der Waals surface area contributed by atoms with Gasteiger partial charge in [0.25, 0.3) is 0 Å². The minimum atomic E-state index is -1.93. The van der Waals surface area contributed by atoms with Gasteiger partial charge in [-0.25, -0.2) is 0 Å². The molecule has 0 aromatic heterocycles. The van der Waals surface area contributed by atoms with Crippen molar-refractivity contribution in [3.63, 3.8) is 0 Å². The Hall–Kier alpha value is -1.10. The number of aliphatic hydroxyl groups is 1. The Labute approximate surface area is 161 Å². The zero-order chi connectivity index (χ0) is 20.1. The zero-order valence-electron chi connectivity index (χ0n) is 17.9. The molecule has 2 atom stereocenters. The molecule has 0 aliphatic heterocycles. The second-order valence-corrected chi connectivity index (χ2v) is 13.7. The summed E-state index contributed by atoms with van der Waals surface area (Å²) < 4.78 is 11.9. The second-order valence-electron chi connectivity index (χ2n) is 8.27. The van der Waals surface area contributed by atoms with Crippen molar-refractivity contribution in [2.24, 2.45) is 5.92 Å². The zero-order valence-corrected chi connectivity index (χ0v) is 18.9. The van der Waals surface area contributed by atoms with Crippen molar-refractivity contribution in [1.82, 2.24) is 0 Å². The molecule has 4 heteroatoms. The van der Waals surface area contributed by atoms with Crippen molar-refractivity contribution in [3.8, 4) is 5.75 Å². The summed E-state index contributed by atoms with van der Waals surface area (Å²) in [7, 11) is -0.293. The number of benzene rings is 1. The van der Waals surface area contributed by atoms with Crippen LogP contribution in [0.4, 0.5) is 0 Å². The number of ether oxygens (including phenoxy) is 1. The Bertz CT molecular complexity index is 559. The lowest BCUT2D eigenvalue weighted by Crippen LogP contribution is -2.48. The van der Waals surface area contributed by atoms with Crippen molar-refractivity contribution in [1.29, 1.82) is 0 Å². The van der Waals surface area contributed by atoms with Gasteiger partial charge in [-0.3, -0.25) is 0 Å². The fourth-order valence-electron chi connectivity index (χ4n) is 4.19. The summed E-state index contributed by atoms with van der Waals surface area (Å²) in [4.78, 5) is 0. The molecule has 0 heterocycles. The van der Waals surface area contributed by atoms with Gasteiger partial charge in [0.1, 0.15) is 5.75 Å². The maximum Gasteiger partial charge on any atom is 0.200 e. The normalized spacial score (nSPS) is 14.8. The first-order valence-corrected chi connectivity index (χ1v) is 11.9. The van der Waals surface area contributed by atoms with Crippen molar-refractivity contribution in [3.05, 3.63) is 42.0 Å². The monoisotopic (exact) mass is 378 g/mol. The highest BCUT2D eigenvalue weighted by Crippen LogP contribution is 2.43. The molecule has 0 fully saturated rings. The van der Waals surface area contributed by atoms with Crippen LogP contribution in [0.3, 0.4) is 0 Å². The number of hydrogen-bond donors (Lipinski definition) is 1. The fourth-order valence-corrected chi connectivity index (χ4v) is 9.62. The maximum absolute atomic E-state index is 10.8. The smallest absolute Gasteiger partial charge is 0.200 e. The quantitative estimate of drug-likeness (QED) is 0.394. The van der Waals surface area contributed by atoms with Gasteiger partial charge in [-0.1, -0.05) is 67.2 Å². The molecule has 1 rings (SSSR count). The summed E-state index contributed by atoms with van der Waals surface area (Å²) in [6.07, 6.45) is -0.616. The van der Waals surface area contributed by atoms with Gasteiger partial charge in [0.2, 0.25) is 8.32 Å². The van der Waals surface area contributed by atoms with Crippen LogP contribution in [0.5, 0.6) is 5.75 Å². The van der Waals surface area contributed by atoms with Gasteiger partial charge < -0.3 is 14.3 Å². The predicted molar refractivity (Wildman–Crippen MR) is 113 cm³/mol. The average Bonchev–Trinajstić information content (AvgIpc) is 2.59. The number of hydrogen-bond acceptors (Lipinski definition) is 3. The van der Waals surface area contributed by atoms with Crippen LogP contribution in [-0.2, 0) is 4.43 Å². The molecule has 0 aliphatic carbocycles. The van der Waals surface area contributed by atoms with E-state index in [2.05, 4.69) is 48.1 Å². The van der Waals surface area contributed by atoms with Crippen molar-refractivity contribution in [2.45, 2.75) is 71.2 Å². The molecule has 0 amide bonds. The number of rotatable bonds is 10. The van der Waals surface area contributed by atoms with Crippen LogP contribution in [-0.4, -0.2) is 27.1 Å². The van der Waals surface area contributed by atoms with Crippen LogP contribution in [0.15, 0.2) is 36.4 Å². The van der Waals surface area contributed by atoms with Crippen LogP contribution in [0, 0.1) is 5.92 Å². The van der Waals surface area contributed by atoms with Crippen LogP contribution in [0.1, 0.15) is 60.1 Å². The molecule has 0 saturated carbocycles. The lowest BCUT2D eigenvalue weighted by atomic mass is 9.92. The molecule has 1 aromatic carbocycles. The van der Waals surface area contributed by atoms with E-state index in [-0.39, 0.29) is 5.92 Å². The first kappa shape index (κ1) is 22.9. The summed E-state index contributed by atoms with van der Waals surface area (Å²) in [6, 6.07) is 7.59. The number of aliphatic hydroxyl groups excluding tert-OH is 1. The van der Waals surface area contributed by atoms with E-state index in [9.17, 15) is 5.11 Å². The summed E-state index contributed by atoms with van der Waals surface area (Å²) in [6.45, 7) is 20.4. The van der Waals surface area contributed by atoms with Gasteiger partial charge in [0.15, 0.2) is 0 Å². The van der Waals surface area contributed by atoms with Crippen LogP contribution < -0.4 is 4.74 Å². The lowest BCUT2D eigenvalue weighted by Gasteiger charge is -2.42. The SMILES string of the molecule is C=C(CO[Si](C(C)C)(C(C)C)C(C)C)[C@H](C)[C@@H](O)c1cccc(OC)c1. The van der Waals surface area contributed by atoms with E-state index in [0.29, 0.717) is 23.2 Å². The second kappa shape index (κ2) is 9.72. The molecule has 0 aliphatic rings. The van der Waals surface area contributed by atoms with E-state index in [1.54, 1.807) is 7.11 Å². The fraction of sp³-hybridized carbons (Fsp3) is 0.636. The Morgan fingerprint density at radius 1 is 1.04 bits per heavy atom. The molecule has 0 spiro atoms. The van der Waals surface area contributed by atoms with Gasteiger partial charge in [0, 0.05) is 5.92 Å². The summed E-state index contributed by atoms with van der Waals surface area (Å²) in [5.74, 6) is 0.668. The first-order valence-electron chi connectivity index (χ1n) is 9.71. The van der Waals surface area contributed by atoms with Crippen LogP contribution in [0.2, 0.25) is 16.6 Å². The summed E-state index contributed by atoms with van der Waals surface area (Å²) >= 11 is 0. The van der Waals surface area contributed by atoms with Gasteiger partial charge in [-0.2, -0.15) is 0 Å². The third-order valence-electron chi connectivity index (χ3n) is 5.77. The third-order valence-corrected chi connectivity index (χ3v) is 11.8. The lowest BCUT2D eigenvalue weighted by molar-refractivity contribution is 0.127. The summed E-state index contributed by atoms with van der Waals surface area (Å²) in [5.41, 5.74) is 3.40. The Balaban J connectivity index is 2.88. The Morgan fingerprint density at radius 2 is 1.58 bits per heavy atom. The molecule has 26 heavy (non-hydrogen) atoms. The molecular weight excluding hydrogens is 340 g/mol. The van der Waals surface area contributed by atoms with Crippen molar-refractivity contribution in [2.75, 3.05) is 13.7 Å².